The van der Waals surface area contributed by atoms with E-state index in [2.05, 4.69) is 0 Å². The summed E-state index contributed by atoms with van der Waals surface area (Å²) in [5, 5.41) is 9.23. The smallest absolute Gasteiger partial charge is 0.314 e. The maximum atomic E-state index is 12.5. The average molecular weight is 226 g/mol. The van der Waals surface area contributed by atoms with E-state index in [0.717, 1.165) is 5.56 Å². The molecule has 1 aliphatic rings. The molecular weight excluding hydrogens is 214 g/mol. The Morgan fingerprint density at radius 3 is 2.75 bits per heavy atom. The van der Waals surface area contributed by atoms with E-state index >= 15 is 0 Å². The lowest BCUT2D eigenvalue weighted by Gasteiger charge is -2.24. The molecule has 0 saturated heterocycles. The highest BCUT2D eigenvalue weighted by Gasteiger charge is 2.47. The first kappa shape index (κ1) is 11.0. The van der Waals surface area contributed by atoms with E-state index in [-0.39, 0.29) is 6.42 Å². The fourth-order valence-electron chi connectivity index (χ4n) is 2.47. The summed E-state index contributed by atoms with van der Waals surface area (Å²) < 4.78 is 25.0. The van der Waals surface area contributed by atoms with Gasteiger partial charge in [-0.1, -0.05) is 24.3 Å². The van der Waals surface area contributed by atoms with Gasteiger partial charge in [0.15, 0.2) is 0 Å². The van der Waals surface area contributed by atoms with Crippen molar-refractivity contribution in [2.24, 2.45) is 0 Å². The van der Waals surface area contributed by atoms with Crippen molar-refractivity contribution in [1.29, 1.82) is 0 Å². The van der Waals surface area contributed by atoms with Crippen LogP contribution in [0.1, 0.15) is 24.0 Å². The van der Waals surface area contributed by atoms with Crippen LogP contribution in [0.2, 0.25) is 0 Å². The number of carboxylic acid groups (broad SMARTS) is 1. The number of alkyl halides is 2. The highest BCUT2D eigenvalue weighted by Crippen LogP contribution is 2.43. The Morgan fingerprint density at radius 2 is 2.12 bits per heavy atom. The number of carbonyl (C=O) groups is 1. The Morgan fingerprint density at radius 1 is 1.44 bits per heavy atom. The molecule has 2 rings (SSSR count). The van der Waals surface area contributed by atoms with Crippen LogP contribution >= 0.6 is 0 Å². The SMILES string of the molecule is O=C(O)C1(CC(F)F)CCc2ccccc21. The van der Waals surface area contributed by atoms with Crippen LogP contribution in [0, 0.1) is 0 Å². The zero-order chi connectivity index (χ0) is 11.8. The van der Waals surface area contributed by atoms with E-state index in [0.29, 0.717) is 12.0 Å². The number of aryl methyl sites for hydroxylation is 1. The Bertz CT molecular complexity index is 417. The van der Waals surface area contributed by atoms with E-state index in [1.54, 1.807) is 18.2 Å². The summed E-state index contributed by atoms with van der Waals surface area (Å²) in [6.45, 7) is 0. The predicted molar refractivity (Wildman–Crippen MR) is 54.7 cm³/mol. The van der Waals surface area contributed by atoms with E-state index in [1.807, 2.05) is 6.07 Å². The molecule has 1 unspecified atom stereocenters. The first-order valence-electron chi connectivity index (χ1n) is 5.16. The molecule has 0 aromatic heterocycles. The number of fused-ring (bicyclic) bond motifs is 1. The zero-order valence-corrected chi connectivity index (χ0v) is 8.62. The molecule has 1 N–H and O–H groups in total. The number of aliphatic carboxylic acids is 1. The fraction of sp³-hybridized carbons (Fsp3) is 0.417. The fourth-order valence-corrected chi connectivity index (χ4v) is 2.47. The van der Waals surface area contributed by atoms with Gasteiger partial charge in [-0.25, -0.2) is 8.78 Å². The summed E-state index contributed by atoms with van der Waals surface area (Å²) in [7, 11) is 0. The highest BCUT2D eigenvalue weighted by molar-refractivity contribution is 5.83. The van der Waals surface area contributed by atoms with Gasteiger partial charge in [-0.05, 0) is 24.0 Å². The second-order valence-electron chi connectivity index (χ2n) is 4.14. The maximum absolute atomic E-state index is 12.5. The molecule has 0 fully saturated rings. The minimum Gasteiger partial charge on any atom is -0.481 e. The number of benzene rings is 1. The standard InChI is InChI=1S/C12H12F2O2/c13-10(14)7-12(11(15)16)6-5-8-3-1-2-4-9(8)12/h1-4,10H,5-7H2,(H,15,16). The van der Waals surface area contributed by atoms with Crippen LogP contribution < -0.4 is 0 Å². The normalized spacial score (nSPS) is 23.4. The van der Waals surface area contributed by atoms with Crippen LogP contribution in [0.5, 0.6) is 0 Å². The van der Waals surface area contributed by atoms with Crippen LogP contribution in [-0.4, -0.2) is 17.5 Å². The molecule has 0 amide bonds. The van der Waals surface area contributed by atoms with Crippen molar-refractivity contribution in [1.82, 2.24) is 0 Å². The molecule has 0 saturated carbocycles. The number of hydrogen-bond donors (Lipinski definition) is 1. The highest BCUT2D eigenvalue weighted by atomic mass is 19.3. The molecule has 0 spiro atoms. The van der Waals surface area contributed by atoms with Gasteiger partial charge in [-0.3, -0.25) is 4.79 Å². The molecule has 2 nitrogen and oxygen atoms in total. The number of hydrogen-bond acceptors (Lipinski definition) is 1. The lowest BCUT2D eigenvalue weighted by atomic mass is 9.79. The topological polar surface area (TPSA) is 37.3 Å². The Labute approximate surface area is 91.9 Å². The molecule has 4 heteroatoms. The first-order chi connectivity index (χ1) is 7.56. The lowest BCUT2D eigenvalue weighted by Crippen LogP contribution is -2.35. The molecule has 0 bridgehead atoms. The molecule has 0 aliphatic heterocycles. The van der Waals surface area contributed by atoms with E-state index < -0.39 is 24.2 Å². The molecular formula is C12H12F2O2. The first-order valence-corrected chi connectivity index (χ1v) is 5.16. The van der Waals surface area contributed by atoms with Gasteiger partial charge in [0.05, 0.1) is 5.41 Å². The third kappa shape index (κ3) is 1.58. The van der Waals surface area contributed by atoms with E-state index in [4.69, 9.17) is 0 Å². The number of rotatable bonds is 3. The minimum absolute atomic E-state index is 0.270. The third-order valence-electron chi connectivity index (χ3n) is 3.27. The Balaban J connectivity index is 2.47. The summed E-state index contributed by atoms with van der Waals surface area (Å²) in [6, 6.07) is 6.97. The molecule has 0 radical (unpaired) electrons. The van der Waals surface area contributed by atoms with Crippen LogP contribution in [-0.2, 0) is 16.6 Å². The van der Waals surface area contributed by atoms with E-state index in [1.165, 1.54) is 0 Å². The molecule has 0 heterocycles. The van der Waals surface area contributed by atoms with Crippen molar-refractivity contribution < 1.29 is 18.7 Å². The van der Waals surface area contributed by atoms with Gasteiger partial charge in [-0.2, -0.15) is 0 Å². The van der Waals surface area contributed by atoms with Crippen molar-refractivity contribution in [3.63, 3.8) is 0 Å². The van der Waals surface area contributed by atoms with Crippen molar-refractivity contribution in [3.05, 3.63) is 35.4 Å². The molecule has 1 aliphatic carbocycles. The molecule has 1 aromatic rings. The minimum atomic E-state index is -2.60. The number of halogens is 2. The molecule has 1 aromatic carbocycles. The van der Waals surface area contributed by atoms with Gasteiger partial charge in [0.1, 0.15) is 0 Å². The van der Waals surface area contributed by atoms with Crippen molar-refractivity contribution >= 4 is 5.97 Å². The summed E-state index contributed by atoms with van der Waals surface area (Å²) in [6.07, 6.45) is -2.36. The van der Waals surface area contributed by atoms with Crippen molar-refractivity contribution in [2.75, 3.05) is 0 Å². The Hall–Kier alpha value is -1.45. The van der Waals surface area contributed by atoms with Gasteiger partial charge in [-0.15, -0.1) is 0 Å². The summed E-state index contributed by atoms with van der Waals surface area (Å²) >= 11 is 0. The predicted octanol–water partition coefficient (Wildman–Crippen LogP) is 2.61. The lowest BCUT2D eigenvalue weighted by molar-refractivity contribution is -0.145. The van der Waals surface area contributed by atoms with Crippen molar-refractivity contribution in [3.8, 4) is 0 Å². The second-order valence-corrected chi connectivity index (χ2v) is 4.14. The largest absolute Gasteiger partial charge is 0.481 e. The van der Waals surface area contributed by atoms with Crippen LogP contribution in [0.4, 0.5) is 8.78 Å². The average Bonchev–Trinajstić information content (AvgIpc) is 2.58. The summed E-state index contributed by atoms with van der Waals surface area (Å²) in [5.74, 6) is -1.14. The van der Waals surface area contributed by atoms with Gasteiger partial charge in [0.2, 0.25) is 6.43 Å². The van der Waals surface area contributed by atoms with Crippen molar-refractivity contribution in [2.45, 2.75) is 31.1 Å². The monoisotopic (exact) mass is 226 g/mol. The summed E-state index contributed by atoms with van der Waals surface area (Å²) in [5.41, 5.74) is 0.0541. The molecule has 16 heavy (non-hydrogen) atoms. The molecule has 86 valence electrons. The second kappa shape index (κ2) is 3.85. The van der Waals surface area contributed by atoms with Crippen LogP contribution in [0.3, 0.4) is 0 Å². The third-order valence-corrected chi connectivity index (χ3v) is 3.27. The zero-order valence-electron chi connectivity index (χ0n) is 8.62. The van der Waals surface area contributed by atoms with Gasteiger partial charge in [0, 0.05) is 6.42 Å². The number of carboxylic acids is 1. The van der Waals surface area contributed by atoms with Crippen LogP contribution in [0.15, 0.2) is 24.3 Å². The quantitative estimate of drug-likeness (QED) is 0.860. The van der Waals surface area contributed by atoms with Crippen LogP contribution in [0.25, 0.3) is 0 Å². The summed E-state index contributed by atoms with van der Waals surface area (Å²) in [4.78, 5) is 11.3. The molecule has 1 atom stereocenters. The van der Waals surface area contributed by atoms with Gasteiger partial charge < -0.3 is 5.11 Å². The Kier molecular flexibility index (Phi) is 2.66. The van der Waals surface area contributed by atoms with Gasteiger partial charge in [0.25, 0.3) is 0 Å². The maximum Gasteiger partial charge on any atom is 0.314 e. The van der Waals surface area contributed by atoms with E-state index in [9.17, 15) is 18.7 Å². The van der Waals surface area contributed by atoms with Gasteiger partial charge >= 0.3 is 5.97 Å².